The predicted octanol–water partition coefficient (Wildman–Crippen LogP) is 3.49. The molecule has 4 nitrogen and oxygen atoms in total. The summed E-state index contributed by atoms with van der Waals surface area (Å²) in [6.45, 7) is 0.432. The minimum Gasteiger partial charge on any atom is -0.372 e. The normalized spacial score (nSPS) is 26.7. The molecular weight excluding hydrogens is 386 g/mol. The molecule has 0 bridgehead atoms. The van der Waals surface area contributed by atoms with Gasteiger partial charge in [0.15, 0.2) is 17.2 Å². The number of carbonyl (C=O) groups is 1. The number of fused-ring (bicyclic) bond motifs is 1. The van der Waals surface area contributed by atoms with Crippen LogP contribution in [0.15, 0.2) is 42.5 Å². The Morgan fingerprint density at radius 1 is 1.04 bits per heavy atom. The van der Waals surface area contributed by atoms with Crippen LogP contribution in [0, 0.1) is 17.6 Å². The minimum absolute atomic E-state index is 0. The lowest BCUT2D eigenvalue weighted by Crippen LogP contribution is -2.44. The number of halogens is 3. The number of carbonyl (C=O) groups excluding carboxylic acids is 1. The van der Waals surface area contributed by atoms with Gasteiger partial charge in [-0.1, -0.05) is 30.3 Å². The minimum atomic E-state index is -2.23. The molecule has 1 saturated carbocycles. The van der Waals surface area contributed by atoms with Crippen molar-refractivity contribution < 1.29 is 18.7 Å². The number of para-hydroxylation sites is 1. The number of amides is 1. The fourth-order valence-electron chi connectivity index (χ4n) is 4.29. The van der Waals surface area contributed by atoms with Gasteiger partial charge in [0.25, 0.3) is 5.91 Å². The summed E-state index contributed by atoms with van der Waals surface area (Å²) in [6.07, 6.45) is 3.61. The molecule has 1 heterocycles. The number of hydrogen-bond acceptors (Lipinski definition) is 3. The maximum absolute atomic E-state index is 14.5. The Kier molecular flexibility index (Phi) is 5.75. The highest BCUT2D eigenvalue weighted by atomic mass is 35.5. The summed E-state index contributed by atoms with van der Waals surface area (Å²) >= 11 is 0. The molecule has 0 saturated heterocycles. The van der Waals surface area contributed by atoms with Gasteiger partial charge < -0.3 is 15.7 Å². The van der Waals surface area contributed by atoms with Crippen molar-refractivity contribution in [2.45, 2.75) is 37.3 Å². The quantitative estimate of drug-likeness (QED) is 0.817. The number of anilines is 1. The molecule has 150 valence electrons. The SMILES string of the molecule is Cl.NC1CCC(CN2C(=O)C(O)(c3cccc(F)c3F)c3ccccc32)CC1. The largest absolute Gasteiger partial charge is 0.372 e. The number of rotatable bonds is 3. The first-order chi connectivity index (χ1) is 12.9. The molecule has 1 unspecified atom stereocenters. The second-order valence-corrected chi connectivity index (χ2v) is 7.53. The molecule has 7 heteroatoms. The van der Waals surface area contributed by atoms with E-state index in [2.05, 4.69) is 0 Å². The number of hydrogen-bond donors (Lipinski definition) is 2. The van der Waals surface area contributed by atoms with Gasteiger partial charge in [0.05, 0.1) is 5.69 Å². The Morgan fingerprint density at radius 2 is 1.68 bits per heavy atom. The van der Waals surface area contributed by atoms with Crippen molar-refractivity contribution in [1.29, 1.82) is 0 Å². The zero-order chi connectivity index (χ0) is 19.2. The molecule has 28 heavy (non-hydrogen) atoms. The monoisotopic (exact) mass is 408 g/mol. The van der Waals surface area contributed by atoms with Gasteiger partial charge in [0, 0.05) is 23.7 Å². The summed E-state index contributed by atoms with van der Waals surface area (Å²) in [5.74, 6) is -2.66. The van der Waals surface area contributed by atoms with Gasteiger partial charge >= 0.3 is 0 Å². The van der Waals surface area contributed by atoms with E-state index in [1.165, 1.54) is 17.0 Å². The predicted molar refractivity (Wildman–Crippen MR) is 105 cm³/mol. The van der Waals surface area contributed by atoms with Crippen LogP contribution in [-0.4, -0.2) is 23.6 Å². The first-order valence-corrected chi connectivity index (χ1v) is 9.27. The van der Waals surface area contributed by atoms with Crippen LogP contribution in [0.5, 0.6) is 0 Å². The fourth-order valence-corrected chi connectivity index (χ4v) is 4.29. The van der Waals surface area contributed by atoms with Crippen molar-refractivity contribution in [3.8, 4) is 0 Å². The van der Waals surface area contributed by atoms with Gasteiger partial charge in [-0.15, -0.1) is 12.4 Å². The van der Waals surface area contributed by atoms with E-state index in [1.54, 1.807) is 24.3 Å². The van der Waals surface area contributed by atoms with Gasteiger partial charge in [0.1, 0.15) is 0 Å². The Hall–Kier alpha value is -2.02. The van der Waals surface area contributed by atoms with Crippen LogP contribution < -0.4 is 10.6 Å². The summed E-state index contributed by atoms with van der Waals surface area (Å²) in [4.78, 5) is 14.8. The van der Waals surface area contributed by atoms with Crippen molar-refractivity contribution in [2.24, 2.45) is 11.7 Å². The third-order valence-electron chi connectivity index (χ3n) is 5.81. The summed E-state index contributed by atoms with van der Waals surface area (Å²) < 4.78 is 28.3. The van der Waals surface area contributed by atoms with E-state index >= 15 is 0 Å². The Bertz CT molecular complexity index is 886. The number of aliphatic hydroxyl groups is 1. The molecule has 4 rings (SSSR count). The smallest absolute Gasteiger partial charge is 0.268 e. The lowest BCUT2D eigenvalue weighted by atomic mass is 9.86. The standard InChI is InChI=1S/C21H22F2N2O2.ClH/c22-17-6-3-5-16(19(17)23)21(27)15-4-1-2-7-18(15)25(20(21)26)12-13-8-10-14(24)11-9-13;/h1-7,13-14,27H,8-12,24H2;1H. The molecule has 0 spiro atoms. The van der Waals surface area contributed by atoms with E-state index in [-0.39, 0.29) is 35.5 Å². The summed E-state index contributed by atoms with van der Waals surface area (Å²) in [5.41, 5.74) is 4.21. The van der Waals surface area contributed by atoms with Gasteiger partial charge in [-0.05, 0) is 43.7 Å². The Balaban J connectivity index is 0.00000225. The number of nitrogens with two attached hydrogens (primary N) is 1. The average molecular weight is 409 g/mol. The highest BCUT2D eigenvalue weighted by Crippen LogP contribution is 2.46. The van der Waals surface area contributed by atoms with E-state index in [4.69, 9.17) is 5.73 Å². The van der Waals surface area contributed by atoms with Crippen LogP contribution >= 0.6 is 12.4 Å². The van der Waals surface area contributed by atoms with E-state index in [0.717, 1.165) is 31.7 Å². The molecule has 1 amide bonds. The third kappa shape index (κ3) is 3.19. The highest BCUT2D eigenvalue weighted by molar-refractivity contribution is 6.09. The van der Waals surface area contributed by atoms with Crippen LogP contribution in [0.25, 0.3) is 0 Å². The maximum atomic E-state index is 14.5. The van der Waals surface area contributed by atoms with Crippen molar-refractivity contribution in [3.05, 3.63) is 65.2 Å². The zero-order valence-electron chi connectivity index (χ0n) is 15.3. The topological polar surface area (TPSA) is 66.6 Å². The lowest BCUT2D eigenvalue weighted by molar-refractivity contribution is -0.132. The summed E-state index contributed by atoms with van der Waals surface area (Å²) in [6, 6.07) is 10.5. The van der Waals surface area contributed by atoms with Crippen molar-refractivity contribution >= 4 is 24.0 Å². The van der Waals surface area contributed by atoms with E-state index < -0.39 is 23.1 Å². The van der Waals surface area contributed by atoms with Crippen molar-refractivity contribution in [3.63, 3.8) is 0 Å². The van der Waals surface area contributed by atoms with E-state index in [1.807, 2.05) is 0 Å². The summed E-state index contributed by atoms with van der Waals surface area (Å²) in [7, 11) is 0. The molecule has 3 N–H and O–H groups in total. The van der Waals surface area contributed by atoms with Crippen molar-refractivity contribution in [2.75, 3.05) is 11.4 Å². The molecule has 0 aromatic heterocycles. The summed E-state index contributed by atoms with van der Waals surface area (Å²) in [5, 5.41) is 11.3. The molecule has 1 atom stereocenters. The van der Waals surface area contributed by atoms with E-state index in [0.29, 0.717) is 12.2 Å². The molecule has 2 aromatic carbocycles. The van der Waals surface area contributed by atoms with Gasteiger partial charge in [0.2, 0.25) is 0 Å². The van der Waals surface area contributed by atoms with Gasteiger partial charge in [-0.3, -0.25) is 4.79 Å². The Labute approximate surface area is 168 Å². The lowest BCUT2D eigenvalue weighted by Gasteiger charge is -2.30. The van der Waals surface area contributed by atoms with Gasteiger partial charge in [-0.25, -0.2) is 8.78 Å². The average Bonchev–Trinajstić information content (AvgIpc) is 2.88. The van der Waals surface area contributed by atoms with Crippen LogP contribution in [-0.2, 0) is 10.4 Å². The van der Waals surface area contributed by atoms with Crippen LogP contribution in [0.4, 0.5) is 14.5 Å². The van der Waals surface area contributed by atoms with Gasteiger partial charge in [-0.2, -0.15) is 0 Å². The number of benzene rings is 2. The maximum Gasteiger partial charge on any atom is 0.268 e. The molecule has 1 fully saturated rings. The first-order valence-electron chi connectivity index (χ1n) is 9.27. The first kappa shape index (κ1) is 20.7. The molecule has 2 aliphatic rings. The fraction of sp³-hybridized carbons (Fsp3) is 0.381. The highest BCUT2D eigenvalue weighted by Gasteiger charge is 2.52. The molecule has 1 aliphatic heterocycles. The van der Waals surface area contributed by atoms with Crippen LogP contribution in [0.1, 0.15) is 36.8 Å². The second-order valence-electron chi connectivity index (χ2n) is 7.53. The zero-order valence-corrected chi connectivity index (χ0v) is 16.1. The third-order valence-corrected chi connectivity index (χ3v) is 5.81. The van der Waals surface area contributed by atoms with Crippen molar-refractivity contribution in [1.82, 2.24) is 0 Å². The molecule has 2 aromatic rings. The Morgan fingerprint density at radius 3 is 2.39 bits per heavy atom. The second kappa shape index (κ2) is 7.78. The molecule has 0 radical (unpaired) electrons. The molecular formula is C21H23ClF2N2O2. The van der Waals surface area contributed by atoms with Crippen LogP contribution in [0.2, 0.25) is 0 Å². The van der Waals surface area contributed by atoms with E-state index in [9.17, 15) is 18.7 Å². The number of nitrogens with zero attached hydrogens (tertiary/aromatic N) is 1. The molecule has 1 aliphatic carbocycles. The van der Waals surface area contributed by atoms with Crippen LogP contribution in [0.3, 0.4) is 0 Å².